The largest absolute Gasteiger partial charge is 0.488 e. The fourth-order valence-corrected chi connectivity index (χ4v) is 3.71. The van der Waals surface area contributed by atoms with Gasteiger partial charge in [0.1, 0.15) is 11.9 Å². The summed E-state index contributed by atoms with van der Waals surface area (Å²) >= 11 is 0. The minimum atomic E-state index is -0.105. The molecular weight excluding hydrogens is 238 g/mol. The van der Waals surface area contributed by atoms with Crippen LogP contribution in [0.1, 0.15) is 44.2 Å². The molecule has 3 aliphatic rings. The molecule has 1 saturated heterocycles. The monoisotopic (exact) mass is 257 g/mol. The van der Waals surface area contributed by atoms with Crippen LogP contribution in [-0.2, 0) is 4.79 Å². The Morgan fingerprint density at radius 1 is 1.37 bits per heavy atom. The summed E-state index contributed by atoms with van der Waals surface area (Å²) in [6, 6.07) is 8.40. The molecule has 19 heavy (non-hydrogen) atoms. The summed E-state index contributed by atoms with van der Waals surface area (Å²) in [5, 5.41) is 0. The summed E-state index contributed by atoms with van der Waals surface area (Å²) in [5.74, 6) is 1.31. The van der Waals surface area contributed by atoms with Gasteiger partial charge in [-0.25, -0.2) is 0 Å². The first-order valence-electron chi connectivity index (χ1n) is 7.24. The lowest BCUT2D eigenvalue weighted by molar-refractivity contribution is -0.147. The molecule has 1 amide bonds. The van der Waals surface area contributed by atoms with E-state index in [-0.39, 0.29) is 17.6 Å². The number of nitrogens with zero attached hydrogens (tertiary/aromatic N) is 1. The van der Waals surface area contributed by atoms with Gasteiger partial charge in [-0.1, -0.05) is 31.5 Å². The van der Waals surface area contributed by atoms with E-state index in [4.69, 9.17) is 4.74 Å². The molecule has 100 valence electrons. The van der Waals surface area contributed by atoms with E-state index < -0.39 is 0 Å². The van der Waals surface area contributed by atoms with Gasteiger partial charge in [-0.05, 0) is 18.9 Å². The first kappa shape index (κ1) is 11.3. The van der Waals surface area contributed by atoms with Gasteiger partial charge >= 0.3 is 0 Å². The second-order valence-corrected chi connectivity index (χ2v) is 6.40. The van der Waals surface area contributed by atoms with E-state index in [1.165, 1.54) is 12.0 Å². The van der Waals surface area contributed by atoms with Crippen LogP contribution >= 0.6 is 0 Å². The Morgan fingerprint density at radius 2 is 2.16 bits per heavy atom. The second-order valence-electron chi connectivity index (χ2n) is 6.40. The molecule has 2 heterocycles. The highest BCUT2D eigenvalue weighted by Gasteiger charge is 2.49. The fourth-order valence-electron chi connectivity index (χ4n) is 3.71. The van der Waals surface area contributed by atoms with Crippen molar-refractivity contribution >= 4 is 5.91 Å². The minimum absolute atomic E-state index is 0.105. The smallest absolute Gasteiger partial charge is 0.229 e. The molecule has 2 atom stereocenters. The van der Waals surface area contributed by atoms with Gasteiger partial charge in [-0.3, -0.25) is 4.79 Å². The third-order valence-electron chi connectivity index (χ3n) is 5.07. The normalized spacial score (nSPS) is 30.3. The van der Waals surface area contributed by atoms with Crippen LogP contribution in [0.5, 0.6) is 5.75 Å². The van der Waals surface area contributed by atoms with Crippen molar-refractivity contribution in [3.8, 4) is 5.75 Å². The summed E-state index contributed by atoms with van der Waals surface area (Å²) in [7, 11) is 0. The molecule has 0 unspecified atom stereocenters. The minimum Gasteiger partial charge on any atom is -0.488 e. The van der Waals surface area contributed by atoms with Crippen molar-refractivity contribution in [2.45, 2.75) is 44.8 Å². The van der Waals surface area contributed by atoms with Crippen LogP contribution in [0.2, 0.25) is 0 Å². The number of benzene rings is 1. The van der Waals surface area contributed by atoms with Crippen LogP contribution in [0.3, 0.4) is 0 Å². The highest BCUT2D eigenvalue weighted by molar-refractivity contribution is 5.84. The van der Waals surface area contributed by atoms with Gasteiger partial charge in [0.05, 0.1) is 12.6 Å². The Bertz CT molecular complexity index is 535. The molecule has 1 saturated carbocycles. The van der Waals surface area contributed by atoms with Gasteiger partial charge in [0.25, 0.3) is 0 Å². The topological polar surface area (TPSA) is 29.5 Å². The van der Waals surface area contributed by atoms with Gasteiger partial charge in [0.15, 0.2) is 0 Å². The Labute approximate surface area is 113 Å². The summed E-state index contributed by atoms with van der Waals surface area (Å²) in [4.78, 5) is 14.9. The van der Waals surface area contributed by atoms with Crippen molar-refractivity contribution in [2.75, 3.05) is 6.54 Å². The average molecular weight is 257 g/mol. The van der Waals surface area contributed by atoms with Gasteiger partial charge in [0, 0.05) is 17.4 Å². The highest BCUT2D eigenvalue weighted by atomic mass is 16.5. The number of rotatable bonds is 1. The molecule has 2 aliphatic heterocycles. The predicted molar refractivity (Wildman–Crippen MR) is 71.9 cm³/mol. The average Bonchev–Trinajstić information content (AvgIpc) is 2.73. The number of carbonyl (C=O) groups excluding carboxylic acids is 1. The summed E-state index contributed by atoms with van der Waals surface area (Å²) in [6.07, 6.45) is 4.42. The molecule has 1 aromatic carbocycles. The lowest BCUT2D eigenvalue weighted by Gasteiger charge is -2.41. The lowest BCUT2D eigenvalue weighted by Crippen LogP contribution is -2.45. The maximum atomic E-state index is 12.8. The van der Waals surface area contributed by atoms with Gasteiger partial charge in [-0.15, -0.1) is 0 Å². The molecule has 1 aromatic rings. The van der Waals surface area contributed by atoms with Crippen LogP contribution < -0.4 is 4.74 Å². The quantitative estimate of drug-likeness (QED) is 0.774. The van der Waals surface area contributed by atoms with Crippen molar-refractivity contribution in [1.82, 2.24) is 4.90 Å². The molecule has 2 bridgehead atoms. The number of hydrogen-bond acceptors (Lipinski definition) is 2. The van der Waals surface area contributed by atoms with Gasteiger partial charge in [0.2, 0.25) is 5.91 Å². The van der Waals surface area contributed by atoms with E-state index >= 15 is 0 Å². The van der Waals surface area contributed by atoms with Crippen molar-refractivity contribution in [2.24, 2.45) is 5.41 Å². The Hall–Kier alpha value is -1.51. The molecule has 3 heteroatoms. The van der Waals surface area contributed by atoms with Crippen LogP contribution in [0.4, 0.5) is 0 Å². The van der Waals surface area contributed by atoms with E-state index in [0.29, 0.717) is 5.91 Å². The van der Waals surface area contributed by atoms with Crippen molar-refractivity contribution in [3.63, 3.8) is 0 Å². The van der Waals surface area contributed by atoms with Gasteiger partial charge in [-0.2, -0.15) is 0 Å². The Kier molecular flexibility index (Phi) is 2.23. The number of amides is 1. The third-order valence-corrected chi connectivity index (χ3v) is 5.07. The lowest BCUT2D eigenvalue weighted by atomic mass is 9.69. The van der Waals surface area contributed by atoms with Crippen molar-refractivity contribution < 1.29 is 9.53 Å². The Balaban J connectivity index is 1.68. The highest BCUT2D eigenvalue weighted by Crippen LogP contribution is 2.48. The molecule has 4 rings (SSSR count). The van der Waals surface area contributed by atoms with E-state index in [9.17, 15) is 4.79 Å². The number of carbonyl (C=O) groups is 1. The molecule has 1 aliphatic carbocycles. The zero-order valence-corrected chi connectivity index (χ0v) is 11.3. The first-order chi connectivity index (χ1) is 9.17. The first-order valence-corrected chi connectivity index (χ1v) is 7.24. The summed E-state index contributed by atoms with van der Waals surface area (Å²) in [6.45, 7) is 2.88. The molecule has 0 N–H and O–H groups in total. The van der Waals surface area contributed by atoms with Crippen molar-refractivity contribution in [1.29, 1.82) is 0 Å². The number of likely N-dealkylation sites (tertiary alicyclic amines) is 1. The van der Waals surface area contributed by atoms with Crippen LogP contribution in [-0.4, -0.2) is 23.5 Å². The Morgan fingerprint density at radius 3 is 2.89 bits per heavy atom. The summed E-state index contributed by atoms with van der Waals surface area (Å²) in [5.41, 5.74) is 1.08. The standard InChI is InChI=1S/C16H19NO2/c1-16(7-4-8-16)15(18)17-10-11-9-13(17)12-5-2-3-6-14(12)19-11/h2-3,5-6,11,13H,4,7-10H2,1H3/t11-,13-/m0/s1. The molecular formula is C16H19NO2. The van der Waals surface area contributed by atoms with Gasteiger partial charge < -0.3 is 9.64 Å². The van der Waals surface area contributed by atoms with E-state index in [1.807, 2.05) is 18.2 Å². The van der Waals surface area contributed by atoms with E-state index in [1.54, 1.807) is 0 Å². The maximum Gasteiger partial charge on any atom is 0.229 e. The molecule has 2 fully saturated rings. The van der Waals surface area contributed by atoms with Crippen LogP contribution in [0, 0.1) is 5.41 Å². The zero-order valence-electron chi connectivity index (χ0n) is 11.3. The number of fused-ring (bicyclic) bond motifs is 4. The van der Waals surface area contributed by atoms with Crippen molar-refractivity contribution in [3.05, 3.63) is 29.8 Å². The summed E-state index contributed by atoms with van der Waals surface area (Å²) < 4.78 is 5.97. The number of hydrogen-bond donors (Lipinski definition) is 0. The zero-order chi connectivity index (χ0) is 13.0. The van der Waals surface area contributed by atoms with E-state index in [2.05, 4.69) is 17.9 Å². The van der Waals surface area contributed by atoms with Crippen LogP contribution in [0.15, 0.2) is 24.3 Å². The number of ether oxygens (including phenoxy) is 1. The second kappa shape index (κ2) is 3.75. The molecule has 0 radical (unpaired) electrons. The third kappa shape index (κ3) is 1.54. The molecule has 0 spiro atoms. The van der Waals surface area contributed by atoms with E-state index in [0.717, 1.165) is 31.6 Å². The molecule has 3 nitrogen and oxygen atoms in total. The fraction of sp³-hybridized carbons (Fsp3) is 0.562. The van der Waals surface area contributed by atoms with Crippen LogP contribution in [0.25, 0.3) is 0 Å². The number of para-hydroxylation sites is 1. The predicted octanol–water partition coefficient (Wildman–Crippen LogP) is 2.91. The SMILES string of the molecule is CC1(C(=O)N2C[C@@H]3C[C@H]2c2ccccc2O3)CCC1. The molecule has 0 aromatic heterocycles. The maximum absolute atomic E-state index is 12.8.